The highest BCUT2D eigenvalue weighted by Gasteiger charge is 2.37. The Hall–Kier alpha value is -1.37. The van der Waals surface area contributed by atoms with Crippen molar-refractivity contribution in [3.63, 3.8) is 0 Å². The summed E-state index contributed by atoms with van der Waals surface area (Å²) in [6.07, 6.45) is 5.44. The normalized spacial score (nSPS) is 17.4. The van der Waals surface area contributed by atoms with E-state index >= 15 is 0 Å². The Morgan fingerprint density at radius 1 is 1.32 bits per heavy atom. The summed E-state index contributed by atoms with van der Waals surface area (Å²) in [6, 6.07) is 5.48. The molecule has 1 aliphatic rings. The molecule has 22 heavy (non-hydrogen) atoms. The third kappa shape index (κ3) is 3.34. The molecule has 1 fully saturated rings. The average Bonchev–Trinajstić information content (AvgIpc) is 3.05. The van der Waals surface area contributed by atoms with Crippen LogP contribution in [0.4, 0.5) is 0 Å². The van der Waals surface area contributed by atoms with E-state index in [1.807, 2.05) is 35.7 Å². The number of nitrogens with two attached hydrogens (primary N) is 1. The van der Waals surface area contributed by atoms with Crippen LogP contribution in [0.2, 0.25) is 0 Å². The standard InChI is InChI=1S/C14H19N5O.2ClH/c1-10(16-13(20)14(15)7-3-4-8-14)12-18-17-11-6-2-5-9-19(11)12;;/h2,5-6,9-10H,3-4,7-8,15H2,1H3,(H,16,20);2*1H. The number of hydrogen-bond donors (Lipinski definition) is 2. The van der Waals surface area contributed by atoms with Crippen LogP contribution in [0, 0.1) is 0 Å². The first-order valence-corrected chi connectivity index (χ1v) is 7.00. The molecule has 0 radical (unpaired) electrons. The molecular weight excluding hydrogens is 325 g/mol. The molecule has 1 amide bonds. The monoisotopic (exact) mass is 345 g/mol. The van der Waals surface area contributed by atoms with E-state index in [4.69, 9.17) is 5.73 Å². The quantitative estimate of drug-likeness (QED) is 0.890. The molecule has 8 heteroatoms. The predicted octanol–water partition coefficient (Wildman–Crippen LogP) is 2.02. The minimum absolute atomic E-state index is 0. The number of fused-ring (bicyclic) bond motifs is 1. The Morgan fingerprint density at radius 3 is 2.68 bits per heavy atom. The van der Waals surface area contributed by atoms with Crippen LogP contribution in [0.15, 0.2) is 24.4 Å². The molecular formula is C14H21Cl2N5O. The van der Waals surface area contributed by atoms with Gasteiger partial charge in [-0.3, -0.25) is 9.20 Å². The molecule has 2 aromatic rings. The molecule has 3 N–H and O–H groups in total. The zero-order valence-corrected chi connectivity index (χ0v) is 14.0. The van der Waals surface area contributed by atoms with Gasteiger partial charge in [-0.05, 0) is 31.9 Å². The van der Waals surface area contributed by atoms with Crippen molar-refractivity contribution >= 4 is 36.4 Å². The lowest BCUT2D eigenvalue weighted by molar-refractivity contribution is -0.126. The van der Waals surface area contributed by atoms with Crippen LogP contribution in [0.5, 0.6) is 0 Å². The number of carbonyl (C=O) groups is 1. The van der Waals surface area contributed by atoms with Gasteiger partial charge >= 0.3 is 0 Å². The maximum Gasteiger partial charge on any atom is 0.240 e. The summed E-state index contributed by atoms with van der Waals surface area (Å²) in [5, 5.41) is 11.2. The molecule has 0 spiro atoms. The molecule has 3 rings (SSSR count). The third-order valence-electron chi connectivity index (χ3n) is 4.02. The zero-order chi connectivity index (χ0) is 14.2. The maximum absolute atomic E-state index is 12.3. The largest absolute Gasteiger partial charge is 0.345 e. The van der Waals surface area contributed by atoms with E-state index in [1.54, 1.807) is 0 Å². The molecule has 122 valence electrons. The molecule has 6 nitrogen and oxygen atoms in total. The van der Waals surface area contributed by atoms with Gasteiger partial charge in [-0.2, -0.15) is 0 Å². The molecule has 1 unspecified atom stereocenters. The molecule has 0 aromatic carbocycles. The minimum Gasteiger partial charge on any atom is -0.345 e. The predicted molar refractivity (Wildman–Crippen MR) is 89.4 cm³/mol. The van der Waals surface area contributed by atoms with Gasteiger partial charge in [-0.1, -0.05) is 18.9 Å². The first kappa shape index (κ1) is 18.7. The molecule has 2 aromatic heterocycles. The molecule has 1 atom stereocenters. The average molecular weight is 346 g/mol. The first-order chi connectivity index (χ1) is 9.60. The summed E-state index contributed by atoms with van der Waals surface area (Å²) >= 11 is 0. The van der Waals surface area contributed by atoms with E-state index in [0.29, 0.717) is 0 Å². The van der Waals surface area contributed by atoms with Gasteiger partial charge in [0.15, 0.2) is 11.5 Å². The zero-order valence-electron chi connectivity index (χ0n) is 12.4. The van der Waals surface area contributed by atoms with E-state index < -0.39 is 5.54 Å². The van der Waals surface area contributed by atoms with E-state index in [-0.39, 0.29) is 36.8 Å². The van der Waals surface area contributed by atoms with Gasteiger partial charge in [0.25, 0.3) is 0 Å². The van der Waals surface area contributed by atoms with E-state index in [0.717, 1.165) is 37.2 Å². The van der Waals surface area contributed by atoms with E-state index in [9.17, 15) is 4.79 Å². The summed E-state index contributed by atoms with van der Waals surface area (Å²) in [7, 11) is 0. The van der Waals surface area contributed by atoms with Crippen molar-refractivity contribution in [2.24, 2.45) is 5.73 Å². The highest BCUT2D eigenvalue weighted by molar-refractivity contribution is 5.86. The van der Waals surface area contributed by atoms with Crippen LogP contribution in [0.25, 0.3) is 5.65 Å². The van der Waals surface area contributed by atoms with Gasteiger partial charge in [-0.25, -0.2) is 0 Å². The molecule has 0 aliphatic heterocycles. The van der Waals surface area contributed by atoms with Crippen LogP contribution >= 0.6 is 24.8 Å². The fourth-order valence-corrected chi connectivity index (χ4v) is 2.79. The fraction of sp³-hybridized carbons (Fsp3) is 0.500. The van der Waals surface area contributed by atoms with Gasteiger partial charge in [0.2, 0.25) is 5.91 Å². The summed E-state index contributed by atoms with van der Waals surface area (Å²) in [4.78, 5) is 12.3. The maximum atomic E-state index is 12.3. The van der Waals surface area contributed by atoms with Crippen molar-refractivity contribution in [2.75, 3.05) is 0 Å². The molecule has 2 heterocycles. The number of nitrogens with one attached hydrogen (secondary N) is 1. The number of rotatable bonds is 3. The van der Waals surface area contributed by atoms with Crippen LogP contribution in [-0.2, 0) is 4.79 Å². The van der Waals surface area contributed by atoms with Gasteiger partial charge < -0.3 is 11.1 Å². The first-order valence-electron chi connectivity index (χ1n) is 7.00. The number of hydrogen-bond acceptors (Lipinski definition) is 4. The van der Waals surface area contributed by atoms with Gasteiger partial charge in [0, 0.05) is 6.20 Å². The van der Waals surface area contributed by atoms with Crippen LogP contribution in [-0.4, -0.2) is 26.0 Å². The Bertz CT molecular complexity index is 639. The van der Waals surface area contributed by atoms with Crippen molar-refractivity contribution in [2.45, 2.75) is 44.2 Å². The third-order valence-corrected chi connectivity index (χ3v) is 4.02. The number of pyridine rings is 1. The van der Waals surface area contributed by atoms with Gasteiger partial charge in [0.05, 0.1) is 11.6 Å². The number of aromatic nitrogens is 3. The smallest absolute Gasteiger partial charge is 0.240 e. The Morgan fingerprint density at radius 2 is 2.00 bits per heavy atom. The lowest BCUT2D eigenvalue weighted by Crippen LogP contribution is -2.52. The van der Waals surface area contributed by atoms with Crippen molar-refractivity contribution in [3.8, 4) is 0 Å². The number of nitrogens with zero attached hydrogens (tertiary/aromatic N) is 3. The number of carbonyl (C=O) groups excluding carboxylic acids is 1. The van der Waals surface area contributed by atoms with Gasteiger partial charge in [0.1, 0.15) is 0 Å². The van der Waals surface area contributed by atoms with E-state index in [2.05, 4.69) is 15.5 Å². The lowest BCUT2D eigenvalue weighted by atomic mass is 9.98. The second-order valence-electron chi connectivity index (χ2n) is 5.55. The number of halogens is 2. The molecule has 1 aliphatic carbocycles. The summed E-state index contributed by atoms with van der Waals surface area (Å²) in [5.41, 5.74) is 6.22. The highest BCUT2D eigenvalue weighted by Crippen LogP contribution is 2.28. The topological polar surface area (TPSA) is 85.3 Å². The summed E-state index contributed by atoms with van der Waals surface area (Å²) in [5.74, 6) is 0.630. The van der Waals surface area contributed by atoms with E-state index in [1.165, 1.54) is 0 Å². The van der Waals surface area contributed by atoms with Crippen molar-refractivity contribution < 1.29 is 4.79 Å². The second-order valence-corrected chi connectivity index (χ2v) is 5.55. The van der Waals surface area contributed by atoms with Crippen LogP contribution in [0.1, 0.15) is 44.5 Å². The molecule has 0 bridgehead atoms. The second kappa shape index (κ2) is 7.26. The highest BCUT2D eigenvalue weighted by atomic mass is 35.5. The molecule has 1 saturated carbocycles. The van der Waals surface area contributed by atoms with Gasteiger partial charge in [-0.15, -0.1) is 35.0 Å². The van der Waals surface area contributed by atoms with Crippen LogP contribution in [0.3, 0.4) is 0 Å². The Labute approximate surface area is 141 Å². The number of amides is 1. The Kier molecular flexibility index (Phi) is 6.17. The summed E-state index contributed by atoms with van der Waals surface area (Å²) in [6.45, 7) is 1.90. The fourth-order valence-electron chi connectivity index (χ4n) is 2.79. The SMILES string of the molecule is CC(NC(=O)C1(N)CCCC1)c1nnc2ccccn12.Cl.Cl. The lowest BCUT2D eigenvalue weighted by Gasteiger charge is -2.24. The Balaban J connectivity index is 0.00000121. The van der Waals surface area contributed by atoms with Crippen molar-refractivity contribution in [1.29, 1.82) is 0 Å². The summed E-state index contributed by atoms with van der Waals surface area (Å²) < 4.78 is 1.88. The van der Waals surface area contributed by atoms with Crippen molar-refractivity contribution in [3.05, 3.63) is 30.2 Å². The van der Waals surface area contributed by atoms with Crippen LogP contribution < -0.4 is 11.1 Å². The molecule has 0 saturated heterocycles. The minimum atomic E-state index is -0.714. The van der Waals surface area contributed by atoms with Crippen molar-refractivity contribution in [1.82, 2.24) is 19.9 Å².